The minimum atomic E-state index is -1.02. The molecule has 0 aliphatic heterocycles. The number of ketones is 1. The molecule has 0 aromatic heterocycles. The van der Waals surface area contributed by atoms with Crippen molar-refractivity contribution in [3.63, 3.8) is 0 Å². The van der Waals surface area contributed by atoms with E-state index in [1.807, 2.05) is 13.8 Å². The molecule has 0 aromatic carbocycles. The van der Waals surface area contributed by atoms with E-state index in [0.717, 1.165) is 30.4 Å². The molecule has 0 heterocycles. The quantitative estimate of drug-likeness (QED) is 0.788. The minimum Gasteiger partial charge on any atom is -0.393 e. The first-order chi connectivity index (χ1) is 8.32. The van der Waals surface area contributed by atoms with Gasteiger partial charge in [0.05, 0.1) is 12.2 Å². The standard InChI is InChI=1S/C15H22O3/c1-10-6-13(17)7-11(2)15(10)5-4-12(8-15)14(3,18)9-16/h6-7,12,16,18H,4-5,8-9H2,1-3H3/t12?,14-/m0/s1. The number of allylic oxidation sites excluding steroid dienone is 4. The van der Waals surface area contributed by atoms with Gasteiger partial charge in [-0.15, -0.1) is 0 Å². The molecule has 18 heavy (non-hydrogen) atoms. The summed E-state index contributed by atoms with van der Waals surface area (Å²) in [5.41, 5.74) is 1.11. The van der Waals surface area contributed by atoms with Crippen LogP contribution in [0.1, 0.15) is 40.0 Å². The molecule has 3 nitrogen and oxygen atoms in total. The first-order valence-corrected chi connectivity index (χ1v) is 6.56. The van der Waals surface area contributed by atoms with E-state index in [2.05, 4.69) is 0 Å². The molecule has 0 amide bonds. The molecule has 1 unspecified atom stereocenters. The molecule has 0 saturated heterocycles. The van der Waals surface area contributed by atoms with Crippen molar-refractivity contribution >= 4 is 5.78 Å². The summed E-state index contributed by atoms with van der Waals surface area (Å²) in [6.45, 7) is 5.50. The van der Waals surface area contributed by atoms with Crippen LogP contribution in [0.25, 0.3) is 0 Å². The fourth-order valence-corrected chi connectivity index (χ4v) is 3.48. The van der Waals surface area contributed by atoms with Crippen molar-refractivity contribution in [2.24, 2.45) is 11.3 Å². The van der Waals surface area contributed by atoms with Gasteiger partial charge in [-0.25, -0.2) is 0 Å². The molecule has 2 N–H and O–H groups in total. The monoisotopic (exact) mass is 250 g/mol. The highest BCUT2D eigenvalue weighted by molar-refractivity contribution is 6.01. The van der Waals surface area contributed by atoms with Crippen molar-refractivity contribution in [1.82, 2.24) is 0 Å². The van der Waals surface area contributed by atoms with Gasteiger partial charge in [0.25, 0.3) is 0 Å². The lowest BCUT2D eigenvalue weighted by Gasteiger charge is -2.36. The van der Waals surface area contributed by atoms with E-state index in [1.165, 1.54) is 0 Å². The third kappa shape index (κ3) is 1.95. The second-order valence-electron chi connectivity index (χ2n) is 6.09. The van der Waals surface area contributed by atoms with Gasteiger partial charge < -0.3 is 10.2 Å². The SMILES string of the molecule is CC1=CC(=O)C=C(C)C12CCC([C@@](C)(O)CO)C2. The highest BCUT2D eigenvalue weighted by atomic mass is 16.3. The number of carbonyl (C=O) groups is 1. The molecule has 0 aromatic rings. The lowest BCUT2D eigenvalue weighted by atomic mass is 9.69. The maximum absolute atomic E-state index is 11.5. The largest absolute Gasteiger partial charge is 0.393 e. The normalized spacial score (nSPS) is 30.1. The van der Waals surface area contributed by atoms with Crippen LogP contribution in [-0.2, 0) is 4.79 Å². The summed E-state index contributed by atoms with van der Waals surface area (Å²) in [5.74, 6) is 0.149. The molecule has 2 rings (SSSR count). The van der Waals surface area contributed by atoms with Gasteiger partial charge in [0.1, 0.15) is 0 Å². The van der Waals surface area contributed by atoms with Crippen molar-refractivity contribution in [1.29, 1.82) is 0 Å². The molecule has 1 spiro atoms. The van der Waals surface area contributed by atoms with Crippen molar-refractivity contribution < 1.29 is 15.0 Å². The lowest BCUT2D eigenvalue weighted by molar-refractivity contribution is -0.110. The predicted octanol–water partition coefficient (Wildman–Crippen LogP) is 1.99. The van der Waals surface area contributed by atoms with E-state index >= 15 is 0 Å². The van der Waals surface area contributed by atoms with Gasteiger partial charge in [0.15, 0.2) is 5.78 Å². The summed E-state index contributed by atoms with van der Waals surface area (Å²) in [6, 6.07) is 0. The third-order valence-electron chi connectivity index (χ3n) is 4.94. The molecule has 1 saturated carbocycles. The van der Waals surface area contributed by atoms with Crippen LogP contribution in [0.4, 0.5) is 0 Å². The van der Waals surface area contributed by atoms with Gasteiger partial charge in [-0.2, -0.15) is 0 Å². The minimum absolute atomic E-state index is 0.0630. The molecule has 100 valence electrons. The van der Waals surface area contributed by atoms with Crippen molar-refractivity contribution in [2.75, 3.05) is 6.61 Å². The fourth-order valence-electron chi connectivity index (χ4n) is 3.48. The zero-order chi connectivity index (χ0) is 13.6. The molecule has 2 atom stereocenters. The lowest BCUT2D eigenvalue weighted by Crippen LogP contribution is -2.38. The summed E-state index contributed by atoms with van der Waals surface area (Å²) in [6.07, 6.45) is 6.08. The van der Waals surface area contributed by atoms with E-state index in [4.69, 9.17) is 0 Å². The van der Waals surface area contributed by atoms with E-state index in [-0.39, 0.29) is 23.7 Å². The van der Waals surface area contributed by atoms with Crippen LogP contribution < -0.4 is 0 Å². The molecule has 2 aliphatic rings. The first kappa shape index (κ1) is 13.5. The second kappa shape index (κ2) is 4.32. The molecule has 3 heteroatoms. The Kier molecular flexibility index (Phi) is 3.24. The average Bonchev–Trinajstić information content (AvgIpc) is 2.73. The van der Waals surface area contributed by atoms with Crippen molar-refractivity contribution in [3.8, 4) is 0 Å². The van der Waals surface area contributed by atoms with Crippen LogP contribution in [0.3, 0.4) is 0 Å². The number of hydrogen-bond donors (Lipinski definition) is 2. The van der Waals surface area contributed by atoms with Gasteiger partial charge >= 0.3 is 0 Å². The Morgan fingerprint density at radius 3 is 2.44 bits per heavy atom. The van der Waals surface area contributed by atoms with E-state index < -0.39 is 5.60 Å². The Hall–Kier alpha value is -0.930. The summed E-state index contributed by atoms with van der Waals surface area (Å²) < 4.78 is 0. The number of aliphatic hydroxyl groups is 2. The highest BCUT2D eigenvalue weighted by Gasteiger charge is 2.48. The second-order valence-corrected chi connectivity index (χ2v) is 6.09. The fraction of sp³-hybridized carbons (Fsp3) is 0.667. The zero-order valence-electron chi connectivity index (χ0n) is 11.4. The number of hydrogen-bond acceptors (Lipinski definition) is 3. The van der Waals surface area contributed by atoms with Gasteiger partial charge in [-0.05, 0) is 58.1 Å². The van der Waals surface area contributed by atoms with Crippen LogP contribution >= 0.6 is 0 Å². The summed E-state index contributed by atoms with van der Waals surface area (Å²) >= 11 is 0. The van der Waals surface area contributed by atoms with Gasteiger partial charge in [0, 0.05) is 5.41 Å². The van der Waals surface area contributed by atoms with E-state index in [9.17, 15) is 15.0 Å². The third-order valence-corrected chi connectivity index (χ3v) is 4.94. The topological polar surface area (TPSA) is 57.5 Å². The molecule has 0 bridgehead atoms. The molecule has 0 radical (unpaired) electrons. The van der Waals surface area contributed by atoms with Crippen molar-refractivity contribution in [3.05, 3.63) is 23.3 Å². The number of aliphatic hydroxyl groups excluding tert-OH is 1. The van der Waals surface area contributed by atoms with Crippen LogP contribution in [0.5, 0.6) is 0 Å². The van der Waals surface area contributed by atoms with Gasteiger partial charge in [-0.3, -0.25) is 4.79 Å². The van der Waals surface area contributed by atoms with Crippen LogP contribution in [-0.4, -0.2) is 28.2 Å². The first-order valence-electron chi connectivity index (χ1n) is 6.56. The Bertz CT molecular complexity index is 407. The Morgan fingerprint density at radius 2 is 1.94 bits per heavy atom. The molecule has 2 aliphatic carbocycles. The van der Waals surface area contributed by atoms with E-state index in [0.29, 0.717) is 0 Å². The van der Waals surface area contributed by atoms with E-state index in [1.54, 1.807) is 19.1 Å². The van der Waals surface area contributed by atoms with Crippen LogP contribution in [0, 0.1) is 11.3 Å². The van der Waals surface area contributed by atoms with Crippen LogP contribution in [0.15, 0.2) is 23.3 Å². The maximum Gasteiger partial charge on any atom is 0.178 e. The molecular formula is C15H22O3. The maximum atomic E-state index is 11.5. The average molecular weight is 250 g/mol. The van der Waals surface area contributed by atoms with Gasteiger partial charge in [-0.1, -0.05) is 11.1 Å². The molecular weight excluding hydrogens is 228 g/mol. The number of carbonyl (C=O) groups excluding carboxylic acids is 1. The summed E-state index contributed by atoms with van der Waals surface area (Å²) in [7, 11) is 0. The van der Waals surface area contributed by atoms with Crippen LogP contribution in [0.2, 0.25) is 0 Å². The summed E-state index contributed by atoms with van der Waals surface area (Å²) in [4.78, 5) is 11.5. The smallest absolute Gasteiger partial charge is 0.178 e. The zero-order valence-corrected chi connectivity index (χ0v) is 11.4. The van der Waals surface area contributed by atoms with Crippen molar-refractivity contribution in [2.45, 2.75) is 45.6 Å². The Balaban J connectivity index is 2.29. The Morgan fingerprint density at radius 1 is 1.39 bits per heavy atom. The highest BCUT2D eigenvalue weighted by Crippen LogP contribution is 2.55. The molecule has 1 fully saturated rings. The predicted molar refractivity (Wildman–Crippen MR) is 70.0 cm³/mol. The number of rotatable bonds is 2. The Labute approximate surface area is 108 Å². The summed E-state index contributed by atoms with van der Waals surface area (Å²) in [5, 5.41) is 19.5. The van der Waals surface area contributed by atoms with Gasteiger partial charge in [0.2, 0.25) is 0 Å².